The van der Waals surface area contributed by atoms with Crippen molar-refractivity contribution in [1.29, 1.82) is 0 Å². The van der Waals surface area contributed by atoms with Gasteiger partial charge in [-0.25, -0.2) is 0 Å². The van der Waals surface area contributed by atoms with E-state index >= 15 is 0 Å². The Morgan fingerprint density at radius 2 is 1.40 bits per heavy atom. The highest BCUT2D eigenvalue weighted by Crippen LogP contribution is 2.49. The van der Waals surface area contributed by atoms with Crippen LogP contribution in [0.25, 0.3) is 0 Å². The van der Waals surface area contributed by atoms with Crippen molar-refractivity contribution in [2.45, 2.75) is 4.08 Å². The molecule has 0 aromatic rings. The van der Waals surface area contributed by atoms with E-state index in [1.807, 2.05) is 23.5 Å². The molecule has 2 rings (SSSR count). The maximum atomic E-state index is 2.24. The summed E-state index contributed by atoms with van der Waals surface area (Å²) in [6.45, 7) is 0. The monoisotopic (exact) mass is 186 g/mol. The Bertz CT molecular complexity index is 193. The molecule has 0 N–H and O–H groups in total. The molecule has 0 bridgehead atoms. The van der Waals surface area contributed by atoms with Gasteiger partial charge in [0, 0.05) is 0 Å². The van der Waals surface area contributed by atoms with Gasteiger partial charge in [-0.15, -0.1) is 35.3 Å². The van der Waals surface area contributed by atoms with Crippen molar-refractivity contribution in [2.75, 3.05) is 0 Å². The largest absolute Gasteiger partial charge is 0.107 e. The first-order chi connectivity index (χ1) is 4.91. The van der Waals surface area contributed by atoms with Crippen molar-refractivity contribution in [3.05, 3.63) is 33.8 Å². The lowest BCUT2D eigenvalue weighted by atomic mass is 10.4. The summed E-state index contributed by atoms with van der Waals surface area (Å²) in [5.41, 5.74) is 0. The van der Waals surface area contributed by atoms with E-state index in [1.165, 1.54) is 0 Å². The normalized spacial score (nSPS) is 26.4. The minimum atomic E-state index is 0.214. The first kappa shape index (κ1) is 6.95. The van der Waals surface area contributed by atoms with E-state index in [-0.39, 0.29) is 4.08 Å². The standard InChI is InChI=1S/C7H6S3/c1-3-8-4-2-7(1)9-5-6-10-7/h1-6H. The van der Waals surface area contributed by atoms with Crippen LogP contribution in [0.5, 0.6) is 0 Å². The van der Waals surface area contributed by atoms with Crippen LogP contribution in [0.4, 0.5) is 0 Å². The fourth-order valence-electron chi connectivity index (χ4n) is 0.822. The van der Waals surface area contributed by atoms with Gasteiger partial charge in [0.25, 0.3) is 0 Å². The smallest absolute Gasteiger partial charge is 0.107 e. The molecule has 0 aromatic heterocycles. The van der Waals surface area contributed by atoms with Crippen molar-refractivity contribution in [2.24, 2.45) is 0 Å². The second kappa shape index (κ2) is 2.72. The van der Waals surface area contributed by atoms with Crippen LogP contribution in [-0.2, 0) is 0 Å². The molecule has 3 heteroatoms. The Kier molecular flexibility index (Phi) is 1.89. The molecule has 0 aliphatic carbocycles. The summed E-state index contributed by atoms with van der Waals surface area (Å²) in [6, 6.07) is 0. The van der Waals surface area contributed by atoms with Crippen LogP contribution in [0, 0.1) is 0 Å². The molecule has 0 fully saturated rings. The molecule has 10 heavy (non-hydrogen) atoms. The van der Waals surface area contributed by atoms with Crippen LogP contribution in [0.3, 0.4) is 0 Å². The van der Waals surface area contributed by atoms with E-state index in [0.29, 0.717) is 0 Å². The number of hydrogen-bond donors (Lipinski definition) is 0. The minimum Gasteiger partial charge on any atom is -0.107 e. The third-order valence-electron chi connectivity index (χ3n) is 1.32. The van der Waals surface area contributed by atoms with E-state index in [4.69, 9.17) is 0 Å². The molecule has 0 radical (unpaired) electrons. The van der Waals surface area contributed by atoms with Gasteiger partial charge in [-0.05, 0) is 33.8 Å². The third-order valence-corrected chi connectivity index (χ3v) is 4.48. The topological polar surface area (TPSA) is 0 Å². The SMILES string of the molecule is C1=CC2(C=CS1)SC=CS2. The van der Waals surface area contributed by atoms with Gasteiger partial charge in [0.05, 0.1) is 0 Å². The van der Waals surface area contributed by atoms with Crippen molar-refractivity contribution in [3.8, 4) is 0 Å². The van der Waals surface area contributed by atoms with Gasteiger partial charge in [-0.3, -0.25) is 0 Å². The number of thioether (sulfide) groups is 3. The van der Waals surface area contributed by atoms with E-state index in [2.05, 4.69) is 33.8 Å². The maximum absolute atomic E-state index is 2.24. The molecule has 0 saturated carbocycles. The average molecular weight is 186 g/mol. The number of hydrogen-bond acceptors (Lipinski definition) is 3. The summed E-state index contributed by atoms with van der Waals surface area (Å²) in [5.74, 6) is 0. The zero-order valence-corrected chi connectivity index (χ0v) is 7.64. The summed E-state index contributed by atoms with van der Waals surface area (Å²) in [4.78, 5) is 0. The van der Waals surface area contributed by atoms with Crippen LogP contribution in [0.2, 0.25) is 0 Å². The van der Waals surface area contributed by atoms with Gasteiger partial charge in [0.1, 0.15) is 4.08 Å². The molecule has 52 valence electrons. The van der Waals surface area contributed by atoms with Crippen molar-refractivity contribution < 1.29 is 0 Å². The molecule has 0 atom stereocenters. The molecule has 2 heterocycles. The minimum absolute atomic E-state index is 0.214. The van der Waals surface area contributed by atoms with E-state index in [0.717, 1.165) is 0 Å². The van der Waals surface area contributed by atoms with Gasteiger partial charge >= 0.3 is 0 Å². The van der Waals surface area contributed by atoms with Crippen LogP contribution < -0.4 is 0 Å². The summed E-state index contributed by atoms with van der Waals surface area (Å²) in [7, 11) is 0. The van der Waals surface area contributed by atoms with Gasteiger partial charge < -0.3 is 0 Å². The van der Waals surface area contributed by atoms with Crippen LogP contribution >= 0.6 is 35.3 Å². The molecular formula is C7H6S3. The zero-order chi connectivity index (χ0) is 6.86. The first-order valence-electron chi connectivity index (χ1n) is 2.93. The zero-order valence-electron chi connectivity index (χ0n) is 5.19. The van der Waals surface area contributed by atoms with Gasteiger partial charge in [-0.2, -0.15) is 0 Å². The molecule has 0 nitrogen and oxygen atoms in total. The lowest BCUT2D eigenvalue weighted by Gasteiger charge is -2.19. The highest BCUT2D eigenvalue weighted by Gasteiger charge is 2.27. The Morgan fingerprint density at radius 1 is 0.800 bits per heavy atom. The van der Waals surface area contributed by atoms with Gasteiger partial charge in [0.2, 0.25) is 0 Å². The van der Waals surface area contributed by atoms with Crippen LogP contribution in [0.1, 0.15) is 0 Å². The molecule has 0 aromatic carbocycles. The second-order valence-electron chi connectivity index (χ2n) is 1.97. The van der Waals surface area contributed by atoms with E-state index in [1.54, 1.807) is 11.8 Å². The highest BCUT2D eigenvalue weighted by molar-refractivity contribution is 8.24. The lowest BCUT2D eigenvalue weighted by Crippen LogP contribution is -2.09. The Hall–Kier alpha value is 0.270. The van der Waals surface area contributed by atoms with E-state index < -0.39 is 0 Å². The molecule has 1 spiro atoms. The molecular weight excluding hydrogens is 180 g/mol. The summed E-state index contributed by atoms with van der Waals surface area (Å²) in [5, 5.41) is 8.59. The summed E-state index contributed by atoms with van der Waals surface area (Å²) < 4.78 is 0.214. The van der Waals surface area contributed by atoms with Crippen LogP contribution in [-0.4, -0.2) is 4.08 Å². The molecule has 0 unspecified atom stereocenters. The molecule has 2 aliphatic heterocycles. The second-order valence-corrected chi connectivity index (χ2v) is 5.41. The Balaban J connectivity index is 2.21. The fourth-order valence-corrected chi connectivity index (χ4v) is 3.86. The van der Waals surface area contributed by atoms with Gasteiger partial charge in [0.15, 0.2) is 0 Å². The quantitative estimate of drug-likeness (QED) is 0.569. The summed E-state index contributed by atoms with van der Waals surface area (Å²) >= 11 is 5.46. The average Bonchev–Trinajstić information content (AvgIpc) is 2.39. The van der Waals surface area contributed by atoms with Crippen molar-refractivity contribution >= 4 is 35.3 Å². The van der Waals surface area contributed by atoms with Crippen LogP contribution in [0.15, 0.2) is 33.8 Å². The van der Waals surface area contributed by atoms with Gasteiger partial charge in [-0.1, -0.05) is 0 Å². The fraction of sp³-hybridized carbons (Fsp3) is 0.143. The lowest BCUT2D eigenvalue weighted by molar-refractivity contribution is 1.34. The Labute approximate surface area is 73.2 Å². The predicted octanol–water partition coefficient (Wildman–Crippen LogP) is 3.41. The molecule has 0 saturated heterocycles. The number of rotatable bonds is 0. The highest BCUT2D eigenvalue weighted by atomic mass is 32.2. The first-order valence-corrected chi connectivity index (χ1v) is 5.63. The Morgan fingerprint density at radius 3 is 2.00 bits per heavy atom. The molecule has 0 amide bonds. The maximum Gasteiger partial charge on any atom is 0.107 e. The predicted molar refractivity (Wildman–Crippen MR) is 52.9 cm³/mol. The van der Waals surface area contributed by atoms with Crippen molar-refractivity contribution in [3.63, 3.8) is 0 Å². The summed E-state index contributed by atoms with van der Waals surface area (Å²) in [6.07, 6.45) is 4.49. The third kappa shape index (κ3) is 1.18. The van der Waals surface area contributed by atoms with E-state index in [9.17, 15) is 0 Å². The molecule has 2 aliphatic rings. The van der Waals surface area contributed by atoms with Crippen molar-refractivity contribution in [1.82, 2.24) is 0 Å².